The number of nitrogens with two attached hydrogens (primary N) is 1. The van der Waals surface area contributed by atoms with Crippen LogP contribution in [0.25, 0.3) is 0 Å². The fraction of sp³-hybridized carbons (Fsp3) is 0.538. The third-order valence-corrected chi connectivity index (χ3v) is 3.07. The number of aromatic nitrogens is 1. The van der Waals surface area contributed by atoms with Gasteiger partial charge in [-0.2, -0.15) is 0 Å². The van der Waals surface area contributed by atoms with Crippen LogP contribution >= 0.6 is 11.6 Å². The zero-order valence-corrected chi connectivity index (χ0v) is 11.8. The second-order valence-electron chi connectivity index (χ2n) is 4.73. The largest absolute Gasteiger partial charge is 0.344 e. The van der Waals surface area contributed by atoms with Gasteiger partial charge in [-0.1, -0.05) is 31.5 Å². The number of hydrogen-bond donors (Lipinski definition) is 1. The third-order valence-electron chi connectivity index (χ3n) is 2.86. The van der Waals surface area contributed by atoms with Crippen molar-refractivity contribution in [2.45, 2.75) is 26.3 Å². The maximum atomic E-state index is 11.9. The van der Waals surface area contributed by atoms with E-state index in [2.05, 4.69) is 4.98 Å². The number of hydrogen-bond acceptors (Lipinski definition) is 3. The van der Waals surface area contributed by atoms with Crippen LogP contribution in [0, 0.1) is 5.92 Å². The lowest BCUT2D eigenvalue weighted by Gasteiger charge is -2.23. The van der Waals surface area contributed by atoms with Gasteiger partial charge in [0.25, 0.3) is 0 Å². The van der Waals surface area contributed by atoms with Gasteiger partial charge in [-0.15, -0.1) is 0 Å². The number of nitrogens with zero attached hydrogens (tertiary/aromatic N) is 2. The van der Waals surface area contributed by atoms with E-state index in [0.29, 0.717) is 18.1 Å². The van der Waals surface area contributed by atoms with Gasteiger partial charge >= 0.3 is 0 Å². The summed E-state index contributed by atoms with van der Waals surface area (Å²) in [6.07, 6.45) is 0.674. The average molecular weight is 270 g/mol. The maximum Gasteiger partial charge on any atom is 0.239 e. The summed E-state index contributed by atoms with van der Waals surface area (Å²) in [5.41, 5.74) is 6.70. The zero-order valence-electron chi connectivity index (χ0n) is 11.1. The molecule has 0 fully saturated rings. The van der Waals surface area contributed by atoms with Crippen LogP contribution in [0.15, 0.2) is 18.2 Å². The van der Waals surface area contributed by atoms with Crippen molar-refractivity contribution < 1.29 is 4.79 Å². The number of carbonyl (C=O) groups excluding carboxylic acids is 1. The van der Waals surface area contributed by atoms with E-state index in [9.17, 15) is 4.79 Å². The highest BCUT2D eigenvalue weighted by Crippen LogP contribution is 2.07. The van der Waals surface area contributed by atoms with Gasteiger partial charge < -0.3 is 10.6 Å². The smallest absolute Gasteiger partial charge is 0.239 e. The molecule has 1 heterocycles. The Morgan fingerprint density at radius 2 is 2.17 bits per heavy atom. The molecule has 1 aromatic rings. The average Bonchev–Trinajstić information content (AvgIpc) is 2.34. The lowest BCUT2D eigenvalue weighted by atomic mass is 10.0. The van der Waals surface area contributed by atoms with Gasteiger partial charge in [-0.25, -0.2) is 4.98 Å². The molecule has 5 heteroatoms. The van der Waals surface area contributed by atoms with Crippen molar-refractivity contribution >= 4 is 17.5 Å². The molecular formula is C13H20ClN3O. The fourth-order valence-corrected chi connectivity index (χ4v) is 1.70. The van der Waals surface area contributed by atoms with Gasteiger partial charge in [0.15, 0.2) is 0 Å². The first-order chi connectivity index (χ1) is 8.41. The quantitative estimate of drug-likeness (QED) is 0.828. The molecule has 0 radical (unpaired) electrons. The predicted octanol–water partition coefficient (Wildman–Crippen LogP) is 1.72. The Labute approximate surface area is 113 Å². The summed E-state index contributed by atoms with van der Waals surface area (Å²) >= 11 is 5.80. The van der Waals surface area contributed by atoms with Crippen LogP contribution < -0.4 is 5.73 Å². The van der Waals surface area contributed by atoms with Gasteiger partial charge in [-0.3, -0.25) is 4.79 Å². The molecule has 0 saturated carbocycles. The molecule has 0 bridgehead atoms. The van der Waals surface area contributed by atoms with Crippen LogP contribution in [0.4, 0.5) is 0 Å². The fourth-order valence-electron chi connectivity index (χ4n) is 1.52. The molecule has 18 heavy (non-hydrogen) atoms. The summed E-state index contributed by atoms with van der Waals surface area (Å²) in [5, 5.41) is 0.473. The van der Waals surface area contributed by atoms with Crippen LogP contribution in [0.3, 0.4) is 0 Å². The summed E-state index contributed by atoms with van der Waals surface area (Å²) in [6.45, 7) is 4.47. The first kappa shape index (κ1) is 14.9. The summed E-state index contributed by atoms with van der Waals surface area (Å²) in [4.78, 5) is 17.8. The highest BCUT2D eigenvalue weighted by molar-refractivity contribution is 6.29. The number of halogens is 1. The summed E-state index contributed by atoms with van der Waals surface area (Å²) in [5.74, 6) is 0.108. The highest BCUT2D eigenvalue weighted by Gasteiger charge is 2.20. The van der Waals surface area contributed by atoms with Crippen LogP contribution in [-0.4, -0.2) is 35.4 Å². The predicted molar refractivity (Wildman–Crippen MR) is 73.4 cm³/mol. The summed E-state index contributed by atoms with van der Waals surface area (Å²) in [6, 6.07) is 5.04. The van der Waals surface area contributed by atoms with Gasteiger partial charge in [0.1, 0.15) is 5.15 Å². The van der Waals surface area contributed by atoms with Crippen molar-refractivity contribution in [1.29, 1.82) is 0 Å². The molecule has 0 aliphatic rings. The number of rotatable bonds is 5. The molecule has 0 aromatic carbocycles. The zero-order chi connectivity index (χ0) is 13.7. The van der Waals surface area contributed by atoms with E-state index in [0.717, 1.165) is 5.69 Å². The number of amides is 1. The Morgan fingerprint density at radius 3 is 2.72 bits per heavy atom. The Bertz CT molecular complexity index is 409. The van der Waals surface area contributed by atoms with Crippen LogP contribution in [0.2, 0.25) is 5.15 Å². The molecule has 4 nitrogen and oxygen atoms in total. The third kappa shape index (κ3) is 4.27. The first-order valence-electron chi connectivity index (χ1n) is 6.03. The minimum absolute atomic E-state index is 0.0352. The molecule has 0 saturated heterocycles. The van der Waals surface area contributed by atoms with Crippen LogP contribution in [0.5, 0.6) is 0 Å². The minimum atomic E-state index is -0.442. The Hall–Kier alpha value is -1.13. The monoisotopic (exact) mass is 269 g/mol. The Kier molecular flexibility index (Phi) is 5.56. The van der Waals surface area contributed by atoms with Crippen molar-refractivity contribution in [3.63, 3.8) is 0 Å². The van der Waals surface area contributed by atoms with E-state index in [1.54, 1.807) is 18.0 Å². The van der Waals surface area contributed by atoms with Crippen molar-refractivity contribution in [2.24, 2.45) is 11.7 Å². The normalized spacial score (nSPS) is 12.6. The van der Waals surface area contributed by atoms with E-state index >= 15 is 0 Å². The van der Waals surface area contributed by atoms with E-state index in [1.165, 1.54) is 0 Å². The second-order valence-corrected chi connectivity index (χ2v) is 5.12. The SMILES string of the molecule is CC(C)[C@H](N)C(=O)N(C)CCc1cccc(Cl)n1. The van der Waals surface area contributed by atoms with Crippen LogP contribution in [-0.2, 0) is 11.2 Å². The lowest BCUT2D eigenvalue weighted by molar-refractivity contribution is -0.132. The molecule has 1 atom stereocenters. The molecule has 1 amide bonds. The standard InChI is InChI=1S/C13H20ClN3O/c1-9(2)12(15)13(18)17(3)8-7-10-5-4-6-11(14)16-10/h4-6,9,12H,7-8,15H2,1-3H3/t12-/m0/s1. The lowest BCUT2D eigenvalue weighted by Crippen LogP contribution is -2.45. The van der Waals surface area contributed by atoms with Gasteiger partial charge in [-0.05, 0) is 18.1 Å². The molecule has 2 N–H and O–H groups in total. The van der Waals surface area contributed by atoms with E-state index in [4.69, 9.17) is 17.3 Å². The van der Waals surface area contributed by atoms with Gasteiger partial charge in [0, 0.05) is 25.7 Å². The Morgan fingerprint density at radius 1 is 1.50 bits per heavy atom. The van der Waals surface area contributed by atoms with Gasteiger partial charge in [0.05, 0.1) is 6.04 Å². The molecular weight excluding hydrogens is 250 g/mol. The number of pyridine rings is 1. The Balaban J connectivity index is 2.51. The molecule has 0 unspecified atom stereocenters. The second kappa shape index (κ2) is 6.71. The first-order valence-corrected chi connectivity index (χ1v) is 6.41. The highest BCUT2D eigenvalue weighted by atomic mass is 35.5. The van der Waals surface area contributed by atoms with E-state index < -0.39 is 6.04 Å². The van der Waals surface area contributed by atoms with E-state index in [-0.39, 0.29) is 11.8 Å². The van der Waals surface area contributed by atoms with Crippen molar-refractivity contribution in [1.82, 2.24) is 9.88 Å². The minimum Gasteiger partial charge on any atom is -0.344 e. The topological polar surface area (TPSA) is 59.2 Å². The molecule has 1 aromatic heterocycles. The maximum absolute atomic E-state index is 11.9. The molecule has 0 spiro atoms. The van der Waals surface area contributed by atoms with Crippen molar-refractivity contribution in [3.8, 4) is 0 Å². The molecule has 0 aliphatic carbocycles. The number of likely N-dealkylation sites (N-methyl/N-ethyl adjacent to an activating group) is 1. The van der Waals surface area contributed by atoms with E-state index in [1.807, 2.05) is 26.0 Å². The summed E-state index contributed by atoms with van der Waals surface area (Å²) in [7, 11) is 1.76. The molecule has 0 aliphatic heterocycles. The van der Waals surface area contributed by atoms with Gasteiger partial charge in [0.2, 0.25) is 5.91 Å². The van der Waals surface area contributed by atoms with Crippen molar-refractivity contribution in [2.75, 3.05) is 13.6 Å². The van der Waals surface area contributed by atoms with Crippen LogP contribution in [0.1, 0.15) is 19.5 Å². The molecule has 100 valence electrons. The van der Waals surface area contributed by atoms with Crippen molar-refractivity contribution in [3.05, 3.63) is 29.0 Å². The summed E-state index contributed by atoms with van der Waals surface area (Å²) < 4.78 is 0. The molecule has 1 rings (SSSR count). The number of carbonyl (C=O) groups is 1.